The zero-order chi connectivity index (χ0) is 21.9. The van der Waals surface area contributed by atoms with Crippen molar-refractivity contribution < 1.29 is 13.7 Å². The quantitative estimate of drug-likeness (QED) is 0.416. The van der Waals surface area contributed by atoms with Crippen molar-refractivity contribution in [1.29, 1.82) is 0 Å². The van der Waals surface area contributed by atoms with E-state index in [1.54, 1.807) is 18.3 Å². The van der Waals surface area contributed by atoms with Crippen LogP contribution in [0, 0.1) is 5.82 Å². The lowest BCUT2D eigenvalue weighted by Gasteiger charge is -2.28. The van der Waals surface area contributed by atoms with Crippen LogP contribution < -0.4 is 10.2 Å². The lowest BCUT2D eigenvalue weighted by atomic mass is 10.0. The van der Waals surface area contributed by atoms with E-state index in [1.807, 2.05) is 24.3 Å². The highest BCUT2D eigenvalue weighted by atomic mass is 35.5. The summed E-state index contributed by atoms with van der Waals surface area (Å²) in [6.45, 7) is 3.30. The van der Waals surface area contributed by atoms with Crippen molar-refractivity contribution >= 4 is 28.8 Å². The van der Waals surface area contributed by atoms with Crippen LogP contribution in [0.2, 0.25) is 5.22 Å². The van der Waals surface area contributed by atoms with E-state index in [9.17, 15) is 4.39 Å². The molecule has 6 nitrogen and oxygen atoms in total. The summed E-state index contributed by atoms with van der Waals surface area (Å²) < 4.78 is 24.0. The Hall–Kier alpha value is -3.42. The lowest BCUT2D eigenvalue weighted by Crippen LogP contribution is -2.36. The van der Waals surface area contributed by atoms with Crippen LogP contribution in [-0.2, 0) is 4.74 Å². The number of benzene rings is 2. The summed E-state index contributed by atoms with van der Waals surface area (Å²) in [4.78, 5) is 6.72. The molecule has 32 heavy (non-hydrogen) atoms. The molecule has 8 heteroatoms. The van der Waals surface area contributed by atoms with Gasteiger partial charge in [-0.15, -0.1) is 0 Å². The molecule has 0 radical (unpaired) electrons. The predicted molar refractivity (Wildman–Crippen MR) is 123 cm³/mol. The highest BCUT2D eigenvalue weighted by Gasteiger charge is 2.19. The molecule has 0 aliphatic carbocycles. The molecule has 4 aromatic rings. The maximum absolute atomic E-state index is 13.3. The standard InChI is InChI=1S/C24H20ClFN4O2/c25-24-22(16-1-3-18(26)4-2-16)23(29-32-24)17-9-10-27-21(15-17)28-19-5-7-20(8-6-19)30-11-13-31-14-12-30/h1-10,15H,11-14H2,(H,27,28). The van der Waals surface area contributed by atoms with Crippen LogP contribution in [0.5, 0.6) is 0 Å². The predicted octanol–water partition coefficient (Wildman–Crippen LogP) is 5.78. The van der Waals surface area contributed by atoms with Crippen LogP contribution in [0.15, 0.2) is 71.4 Å². The summed E-state index contributed by atoms with van der Waals surface area (Å²) in [7, 11) is 0. The van der Waals surface area contributed by atoms with E-state index in [1.165, 1.54) is 17.8 Å². The van der Waals surface area contributed by atoms with Crippen LogP contribution in [0.4, 0.5) is 21.6 Å². The summed E-state index contributed by atoms with van der Waals surface area (Å²) in [5.74, 6) is 0.337. The molecule has 3 heterocycles. The Kier molecular flexibility index (Phi) is 5.75. The molecule has 5 rings (SSSR count). The number of halogens is 2. The molecule has 1 saturated heterocycles. The first-order chi connectivity index (χ1) is 15.7. The number of pyridine rings is 1. The summed E-state index contributed by atoms with van der Waals surface area (Å²) in [6, 6.07) is 18.0. The Morgan fingerprint density at radius 2 is 1.69 bits per heavy atom. The molecule has 2 aromatic carbocycles. The maximum atomic E-state index is 13.3. The van der Waals surface area contributed by atoms with Gasteiger partial charge in [0.05, 0.1) is 18.8 Å². The van der Waals surface area contributed by atoms with E-state index >= 15 is 0 Å². The minimum absolute atomic E-state index is 0.150. The van der Waals surface area contributed by atoms with Crippen LogP contribution in [0.25, 0.3) is 22.4 Å². The number of morpholine rings is 1. The molecule has 0 spiro atoms. The van der Waals surface area contributed by atoms with Crippen molar-refractivity contribution in [3.8, 4) is 22.4 Å². The third kappa shape index (κ3) is 4.30. The summed E-state index contributed by atoms with van der Waals surface area (Å²) in [6.07, 6.45) is 1.69. The van der Waals surface area contributed by atoms with Crippen LogP contribution in [0.1, 0.15) is 0 Å². The SMILES string of the molecule is Fc1ccc(-c2c(-c3ccnc(Nc4ccc(N5CCOCC5)cc4)c3)noc2Cl)cc1. The number of anilines is 3. The van der Waals surface area contributed by atoms with Gasteiger partial charge in [0.1, 0.15) is 17.3 Å². The molecule has 2 aromatic heterocycles. The Labute approximate surface area is 189 Å². The van der Waals surface area contributed by atoms with E-state index in [2.05, 4.69) is 32.5 Å². The second-order valence-electron chi connectivity index (χ2n) is 7.39. The molecule has 1 N–H and O–H groups in total. The van der Waals surface area contributed by atoms with Gasteiger partial charge in [0.15, 0.2) is 0 Å². The van der Waals surface area contributed by atoms with E-state index in [4.69, 9.17) is 20.9 Å². The first-order valence-corrected chi connectivity index (χ1v) is 10.6. The molecule has 1 aliphatic rings. The largest absolute Gasteiger partial charge is 0.378 e. The summed E-state index contributed by atoms with van der Waals surface area (Å²) in [5.41, 5.74) is 4.76. The number of rotatable bonds is 5. The van der Waals surface area contributed by atoms with Crippen molar-refractivity contribution in [3.63, 3.8) is 0 Å². The fraction of sp³-hybridized carbons (Fsp3) is 0.167. The number of nitrogens with zero attached hydrogens (tertiary/aromatic N) is 3. The highest BCUT2D eigenvalue weighted by Crippen LogP contribution is 2.38. The first-order valence-electron chi connectivity index (χ1n) is 10.2. The molecule has 0 amide bonds. The molecule has 1 aliphatic heterocycles. The van der Waals surface area contributed by atoms with Gasteiger partial charge in [0.2, 0.25) is 5.22 Å². The molecule has 0 atom stereocenters. The summed E-state index contributed by atoms with van der Waals surface area (Å²) >= 11 is 6.25. The van der Waals surface area contributed by atoms with E-state index < -0.39 is 0 Å². The number of aromatic nitrogens is 2. The first kappa shape index (κ1) is 20.5. The average Bonchev–Trinajstić information content (AvgIpc) is 3.22. The van der Waals surface area contributed by atoms with Crippen molar-refractivity contribution in [3.05, 3.63) is 77.9 Å². The minimum atomic E-state index is -0.321. The molecular weight excluding hydrogens is 431 g/mol. The van der Waals surface area contributed by atoms with E-state index in [0.29, 0.717) is 17.1 Å². The third-order valence-corrected chi connectivity index (χ3v) is 5.59. The molecular formula is C24H20ClFN4O2. The Balaban J connectivity index is 1.38. The smallest absolute Gasteiger partial charge is 0.234 e. The second-order valence-corrected chi connectivity index (χ2v) is 7.73. The molecule has 0 bridgehead atoms. The fourth-order valence-corrected chi connectivity index (χ4v) is 3.94. The molecule has 0 saturated carbocycles. The van der Waals surface area contributed by atoms with Crippen LogP contribution >= 0.6 is 11.6 Å². The Morgan fingerprint density at radius 3 is 2.44 bits per heavy atom. The summed E-state index contributed by atoms with van der Waals surface area (Å²) in [5, 5.41) is 7.60. The van der Waals surface area contributed by atoms with Crippen LogP contribution in [0.3, 0.4) is 0 Å². The maximum Gasteiger partial charge on any atom is 0.234 e. The number of hydrogen-bond acceptors (Lipinski definition) is 6. The third-order valence-electron chi connectivity index (χ3n) is 5.33. The van der Waals surface area contributed by atoms with Crippen molar-refractivity contribution in [2.75, 3.05) is 36.5 Å². The number of hydrogen-bond donors (Lipinski definition) is 1. The monoisotopic (exact) mass is 450 g/mol. The average molecular weight is 451 g/mol. The normalized spacial score (nSPS) is 13.9. The van der Waals surface area contributed by atoms with Gasteiger partial charge in [0.25, 0.3) is 0 Å². The zero-order valence-electron chi connectivity index (χ0n) is 17.1. The van der Waals surface area contributed by atoms with E-state index in [0.717, 1.165) is 43.1 Å². The Bertz CT molecular complexity index is 1210. The molecule has 0 unspecified atom stereocenters. The van der Waals surface area contributed by atoms with Gasteiger partial charge in [-0.2, -0.15) is 0 Å². The van der Waals surface area contributed by atoms with Crippen LogP contribution in [-0.4, -0.2) is 36.4 Å². The zero-order valence-corrected chi connectivity index (χ0v) is 17.8. The van der Waals surface area contributed by atoms with Gasteiger partial charge < -0.3 is 19.5 Å². The number of nitrogens with one attached hydrogen (secondary N) is 1. The van der Waals surface area contributed by atoms with Crippen molar-refractivity contribution in [2.45, 2.75) is 0 Å². The highest BCUT2D eigenvalue weighted by molar-refractivity contribution is 6.32. The van der Waals surface area contributed by atoms with Crippen molar-refractivity contribution in [2.24, 2.45) is 0 Å². The number of ether oxygens (including phenoxy) is 1. The van der Waals surface area contributed by atoms with Gasteiger partial charge >= 0.3 is 0 Å². The minimum Gasteiger partial charge on any atom is -0.378 e. The second kappa shape index (κ2) is 8.98. The lowest BCUT2D eigenvalue weighted by molar-refractivity contribution is 0.122. The fourth-order valence-electron chi connectivity index (χ4n) is 3.71. The van der Waals surface area contributed by atoms with Crippen molar-refractivity contribution in [1.82, 2.24) is 10.1 Å². The van der Waals surface area contributed by atoms with Gasteiger partial charge in [0, 0.05) is 36.2 Å². The van der Waals surface area contributed by atoms with E-state index in [-0.39, 0.29) is 11.0 Å². The Morgan fingerprint density at radius 1 is 0.938 bits per heavy atom. The molecule has 162 valence electrons. The van der Waals surface area contributed by atoms with Gasteiger partial charge in [-0.3, -0.25) is 0 Å². The molecule has 1 fully saturated rings. The topological polar surface area (TPSA) is 63.4 Å². The van der Waals surface area contributed by atoms with Gasteiger partial charge in [-0.05, 0) is 65.7 Å². The van der Waals surface area contributed by atoms with Gasteiger partial charge in [-0.25, -0.2) is 9.37 Å². The van der Waals surface area contributed by atoms with Gasteiger partial charge in [-0.1, -0.05) is 17.3 Å².